The lowest BCUT2D eigenvalue weighted by atomic mass is 9.82. The molecule has 0 atom stereocenters. The Bertz CT molecular complexity index is 3120. The van der Waals surface area contributed by atoms with Gasteiger partial charge < -0.3 is 4.57 Å². The number of hydrogen-bond acceptors (Lipinski definition) is 3. The molecule has 0 amide bonds. The first-order valence-electron chi connectivity index (χ1n) is 19.8. The summed E-state index contributed by atoms with van der Waals surface area (Å²) < 4.78 is 2.45. The van der Waals surface area contributed by atoms with E-state index in [1.54, 1.807) is 0 Å². The van der Waals surface area contributed by atoms with Crippen LogP contribution in [0.25, 0.3) is 94.6 Å². The monoisotopic (exact) mass is 742 g/mol. The van der Waals surface area contributed by atoms with Gasteiger partial charge in [-0.2, -0.15) is 0 Å². The van der Waals surface area contributed by atoms with E-state index in [-0.39, 0.29) is 5.41 Å². The van der Waals surface area contributed by atoms with Crippen molar-refractivity contribution in [1.82, 2.24) is 19.5 Å². The van der Waals surface area contributed by atoms with Crippen molar-refractivity contribution in [3.8, 4) is 72.8 Å². The van der Waals surface area contributed by atoms with Crippen molar-refractivity contribution >= 4 is 21.8 Å². The highest BCUT2D eigenvalue weighted by atomic mass is 15.0. The van der Waals surface area contributed by atoms with Gasteiger partial charge in [-0.1, -0.05) is 98.8 Å². The predicted molar refractivity (Wildman–Crippen MR) is 239 cm³/mol. The van der Waals surface area contributed by atoms with E-state index in [0.717, 1.165) is 50.5 Å². The molecule has 4 heteroatoms. The highest BCUT2D eigenvalue weighted by Crippen LogP contribution is 2.51. The van der Waals surface area contributed by atoms with Crippen molar-refractivity contribution in [1.29, 1.82) is 0 Å². The first-order chi connectivity index (χ1) is 28.5. The number of nitrogens with zero attached hydrogens (tertiary/aromatic N) is 4. The van der Waals surface area contributed by atoms with Gasteiger partial charge in [-0.3, -0.25) is 15.0 Å². The van der Waals surface area contributed by atoms with Crippen LogP contribution < -0.4 is 0 Å². The van der Waals surface area contributed by atoms with E-state index in [9.17, 15) is 0 Å². The average Bonchev–Trinajstić information content (AvgIpc) is 3.73. The van der Waals surface area contributed by atoms with Crippen LogP contribution in [-0.2, 0) is 5.41 Å². The lowest BCUT2D eigenvalue weighted by Gasteiger charge is -2.21. The minimum atomic E-state index is -0.143. The lowest BCUT2D eigenvalue weighted by molar-refractivity contribution is 0.661. The fourth-order valence-corrected chi connectivity index (χ4v) is 9.04. The molecule has 0 saturated carbocycles. The number of hydrogen-bond donors (Lipinski definition) is 0. The molecule has 1 aliphatic carbocycles. The van der Waals surface area contributed by atoms with Crippen molar-refractivity contribution < 1.29 is 0 Å². The Hall–Kier alpha value is -7.43. The van der Waals surface area contributed by atoms with Crippen LogP contribution in [0, 0.1) is 0 Å². The number of rotatable bonds is 6. The number of fused-ring (bicyclic) bond motifs is 6. The Morgan fingerprint density at radius 2 is 0.879 bits per heavy atom. The molecule has 0 fully saturated rings. The van der Waals surface area contributed by atoms with Crippen LogP contribution in [0.15, 0.2) is 195 Å². The summed E-state index contributed by atoms with van der Waals surface area (Å²) in [7, 11) is 0. The van der Waals surface area contributed by atoms with Crippen molar-refractivity contribution in [3.63, 3.8) is 0 Å². The number of pyridine rings is 3. The van der Waals surface area contributed by atoms with Gasteiger partial charge in [0, 0.05) is 57.2 Å². The van der Waals surface area contributed by atoms with Crippen LogP contribution in [0.4, 0.5) is 0 Å². The fourth-order valence-electron chi connectivity index (χ4n) is 9.04. The van der Waals surface area contributed by atoms with Gasteiger partial charge in [0.25, 0.3) is 0 Å². The van der Waals surface area contributed by atoms with Gasteiger partial charge in [-0.05, 0) is 136 Å². The molecule has 274 valence electrons. The standard InChI is InChI=1S/C54H38N4/c1-54(2)47-18-4-3-17-43(47)44-33-46-45-32-38(36-14-11-13-35(27-36)37-15-12-16-39(28-37)49-19-5-8-24-55-49)22-23-52(45)58(53(46)34-48(44)54)42-30-40(50-20-6-9-25-56-50)29-41(31-42)51-21-7-10-26-57-51/h3-34H,1-2H3. The summed E-state index contributed by atoms with van der Waals surface area (Å²) in [6, 6.07) is 63.3. The normalized spacial score (nSPS) is 12.8. The summed E-state index contributed by atoms with van der Waals surface area (Å²) in [6.45, 7) is 4.71. The lowest BCUT2D eigenvalue weighted by Crippen LogP contribution is -2.15. The zero-order chi connectivity index (χ0) is 38.8. The van der Waals surface area contributed by atoms with Gasteiger partial charge in [0.05, 0.1) is 28.1 Å². The summed E-state index contributed by atoms with van der Waals surface area (Å²) in [5, 5.41) is 2.44. The van der Waals surface area contributed by atoms with Crippen molar-refractivity contribution in [2.45, 2.75) is 19.3 Å². The zero-order valence-electron chi connectivity index (χ0n) is 32.3. The minimum absolute atomic E-state index is 0.143. The molecular weight excluding hydrogens is 705 g/mol. The molecule has 0 aliphatic heterocycles. The SMILES string of the molecule is CC1(C)c2ccccc2-c2cc3c4cc(-c5cccc(-c6cccc(-c7ccccn7)c6)c5)ccc4n(-c4cc(-c5ccccn5)cc(-c5ccccn5)c4)c3cc21. The van der Waals surface area contributed by atoms with Gasteiger partial charge in [0.2, 0.25) is 0 Å². The Labute approximate surface area is 337 Å². The van der Waals surface area contributed by atoms with Gasteiger partial charge in [0.15, 0.2) is 0 Å². The van der Waals surface area contributed by atoms with E-state index >= 15 is 0 Å². The summed E-state index contributed by atoms with van der Waals surface area (Å²) in [4.78, 5) is 14.2. The molecule has 0 spiro atoms. The molecule has 11 rings (SSSR count). The largest absolute Gasteiger partial charge is 0.309 e. The molecule has 4 heterocycles. The summed E-state index contributed by atoms with van der Waals surface area (Å²) >= 11 is 0. The molecule has 0 bridgehead atoms. The van der Waals surface area contributed by atoms with Crippen LogP contribution in [-0.4, -0.2) is 19.5 Å². The van der Waals surface area contributed by atoms with Gasteiger partial charge in [-0.15, -0.1) is 0 Å². The van der Waals surface area contributed by atoms with E-state index < -0.39 is 0 Å². The van der Waals surface area contributed by atoms with E-state index in [1.165, 1.54) is 55.2 Å². The third-order valence-electron chi connectivity index (χ3n) is 11.9. The van der Waals surface area contributed by atoms with E-state index in [4.69, 9.17) is 9.97 Å². The highest BCUT2D eigenvalue weighted by molar-refractivity contribution is 6.13. The number of aromatic nitrogens is 4. The van der Waals surface area contributed by atoms with E-state index in [1.807, 2.05) is 55.0 Å². The summed E-state index contributed by atoms with van der Waals surface area (Å²) in [5.41, 5.74) is 19.3. The van der Waals surface area contributed by atoms with Crippen LogP contribution in [0.3, 0.4) is 0 Å². The Kier molecular flexibility index (Phi) is 7.80. The first kappa shape index (κ1) is 33.9. The molecule has 4 aromatic heterocycles. The van der Waals surface area contributed by atoms with Crippen molar-refractivity contribution in [2.75, 3.05) is 0 Å². The van der Waals surface area contributed by atoms with Crippen molar-refractivity contribution in [3.05, 3.63) is 206 Å². The van der Waals surface area contributed by atoms with Crippen LogP contribution in [0.1, 0.15) is 25.0 Å². The third kappa shape index (κ3) is 5.56. The molecule has 1 aliphatic rings. The number of benzene rings is 6. The molecule has 6 aromatic carbocycles. The topological polar surface area (TPSA) is 43.6 Å². The Balaban J connectivity index is 1.14. The summed E-state index contributed by atoms with van der Waals surface area (Å²) in [5.74, 6) is 0. The van der Waals surface area contributed by atoms with Crippen LogP contribution >= 0.6 is 0 Å². The second-order valence-corrected chi connectivity index (χ2v) is 15.7. The Morgan fingerprint density at radius 3 is 1.50 bits per heavy atom. The Morgan fingerprint density at radius 1 is 0.362 bits per heavy atom. The third-order valence-corrected chi connectivity index (χ3v) is 11.9. The van der Waals surface area contributed by atoms with Gasteiger partial charge in [-0.25, -0.2) is 0 Å². The molecule has 4 nitrogen and oxygen atoms in total. The van der Waals surface area contributed by atoms with Gasteiger partial charge in [0.1, 0.15) is 0 Å². The van der Waals surface area contributed by atoms with Crippen molar-refractivity contribution in [2.24, 2.45) is 0 Å². The van der Waals surface area contributed by atoms with E-state index in [2.05, 4.69) is 163 Å². The summed E-state index contributed by atoms with van der Waals surface area (Å²) in [6.07, 6.45) is 5.57. The fraction of sp³-hybridized carbons (Fsp3) is 0.0556. The maximum atomic E-state index is 4.78. The molecule has 0 unspecified atom stereocenters. The average molecular weight is 743 g/mol. The van der Waals surface area contributed by atoms with Crippen LogP contribution in [0.5, 0.6) is 0 Å². The predicted octanol–water partition coefficient (Wildman–Crippen LogP) is 13.6. The maximum absolute atomic E-state index is 4.78. The quantitative estimate of drug-likeness (QED) is 0.170. The van der Waals surface area contributed by atoms with Crippen LogP contribution in [0.2, 0.25) is 0 Å². The highest BCUT2D eigenvalue weighted by Gasteiger charge is 2.36. The first-order valence-corrected chi connectivity index (χ1v) is 19.8. The molecular formula is C54H38N4. The van der Waals surface area contributed by atoms with Gasteiger partial charge >= 0.3 is 0 Å². The second-order valence-electron chi connectivity index (χ2n) is 15.7. The van der Waals surface area contributed by atoms with E-state index in [0.29, 0.717) is 0 Å². The molecule has 10 aromatic rings. The second kappa shape index (κ2) is 13.4. The minimum Gasteiger partial charge on any atom is -0.309 e. The molecule has 0 saturated heterocycles. The smallest absolute Gasteiger partial charge is 0.0702 e. The molecule has 58 heavy (non-hydrogen) atoms. The maximum Gasteiger partial charge on any atom is 0.0702 e. The zero-order valence-corrected chi connectivity index (χ0v) is 32.3. The molecule has 0 N–H and O–H groups in total. The molecule has 0 radical (unpaired) electrons.